The lowest BCUT2D eigenvalue weighted by Crippen LogP contribution is -2.67. The molecule has 31 heavy (non-hydrogen) atoms. The molecule has 2 aromatic heterocycles. The zero-order valence-corrected chi connectivity index (χ0v) is 18.6. The Hall–Kier alpha value is -2.51. The van der Waals surface area contributed by atoms with Gasteiger partial charge in [0.05, 0.1) is 11.4 Å². The van der Waals surface area contributed by atoms with Gasteiger partial charge in [0.25, 0.3) is 0 Å². The third kappa shape index (κ3) is 3.59. The number of aromatic amines is 1. The number of H-pyrrole nitrogens is 1. The molecule has 1 aliphatic carbocycles. The highest BCUT2D eigenvalue weighted by molar-refractivity contribution is 5.84. The number of aryl methyl sites for hydroxylation is 1. The molecular weight excluding hydrogens is 393 g/mol. The van der Waals surface area contributed by atoms with Crippen molar-refractivity contribution in [2.75, 3.05) is 13.1 Å². The van der Waals surface area contributed by atoms with Gasteiger partial charge >= 0.3 is 0 Å². The quantitative estimate of drug-likeness (QED) is 0.588. The highest BCUT2D eigenvalue weighted by atomic mass is 19.1. The number of aromatic nitrogens is 3. The van der Waals surface area contributed by atoms with Crippen LogP contribution < -0.4 is 5.32 Å². The number of halogens is 1. The molecule has 1 saturated heterocycles. The molecule has 0 radical (unpaired) electrons. The van der Waals surface area contributed by atoms with Gasteiger partial charge < -0.3 is 10.4 Å². The molecule has 3 heterocycles. The van der Waals surface area contributed by atoms with Gasteiger partial charge in [-0.25, -0.2) is 9.37 Å². The van der Waals surface area contributed by atoms with Crippen molar-refractivity contribution in [3.05, 3.63) is 41.3 Å². The number of pyridine rings is 1. The first-order valence-corrected chi connectivity index (χ1v) is 11.0. The van der Waals surface area contributed by atoms with E-state index in [1.807, 2.05) is 13.0 Å². The monoisotopic (exact) mass is 423 g/mol. The summed E-state index contributed by atoms with van der Waals surface area (Å²) < 4.78 is 14.6. The fourth-order valence-corrected chi connectivity index (χ4v) is 4.92. The van der Waals surface area contributed by atoms with E-state index in [0.717, 1.165) is 48.3 Å². The first-order chi connectivity index (χ1) is 14.7. The van der Waals surface area contributed by atoms with Crippen LogP contribution in [0.5, 0.6) is 5.75 Å². The van der Waals surface area contributed by atoms with Crippen molar-refractivity contribution in [2.45, 2.75) is 58.2 Å². The molecule has 1 saturated carbocycles. The van der Waals surface area contributed by atoms with E-state index in [0.29, 0.717) is 16.9 Å². The molecule has 1 atom stereocenters. The minimum atomic E-state index is -0.488. The van der Waals surface area contributed by atoms with E-state index in [-0.39, 0.29) is 16.8 Å². The summed E-state index contributed by atoms with van der Waals surface area (Å²) in [6, 6.07) is 6.17. The lowest BCUT2D eigenvalue weighted by Gasteiger charge is -2.51. The fraction of sp³-hybridized carbons (Fsp3) is 0.500. The van der Waals surface area contributed by atoms with Gasteiger partial charge in [0, 0.05) is 47.7 Å². The van der Waals surface area contributed by atoms with Crippen LogP contribution in [0.15, 0.2) is 24.3 Å². The Morgan fingerprint density at radius 1 is 1.23 bits per heavy atom. The third-order valence-electron chi connectivity index (χ3n) is 7.16. The van der Waals surface area contributed by atoms with Crippen molar-refractivity contribution in [1.82, 2.24) is 25.4 Å². The van der Waals surface area contributed by atoms with Crippen molar-refractivity contribution in [3.63, 3.8) is 0 Å². The number of phenols is 1. The average molecular weight is 424 g/mol. The van der Waals surface area contributed by atoms with Gasteiger partial charge in [-0.3, -0.25) is 10.00 Å². The fourth-order valence-electron chi connectivity index (χ4n) is 4.92. The van der Waals surface area contributed by atoms with Crippen LogP contribution in [0.1, 0.15) is 44.9 Å². The summed E-state index contributed by atoms with van der Waals surface area (Å²) in [6.07, 6.45) is 2.59. The molecule has 7 heteroatoms. The van der Waals surface area contributed by atoms with Crippen molar-refractivity contribution in [3.8, 4) is 17.0 Å². The van der Waals surface area contributed by atoms with E-state index in [2.05, 4.69) is 46.2 Å². The number of nitrogens with one attached hydrogen (secondary N) is 2. The van der Waals surface area contributed by atoms with Crippen LogP contribution >= 0.6 is 0 Å². The number of hydrogen-bond acceptors (Lipinski definition) is 5. The number of phenolic OH excluding ortho intramolecular Hbond substituents is 1. The molecule has 2 aliphatic rings. The predicted molar refractivity (Wildman–Crippen MR) is 119 cm³/mol. The van der Waals surface area contributed by atoms with Gasteiger partial charge in [-0.2, -0.15) is 5.10 Å². The van der Waals surface area contributed by atoms with E-state index in [1.54, 1.807) is 6.07 Å². The number of nitrogens with zero attached hydrogens (tertiary/aromatic N) is 3. The summed E-state index contributed by atoms with van der Waals surface area (Å²) in [6.45, 7) is 11.5. The van der Waals surface area contributed by atoms with Gasteiger partial charge in [-0.1, -0.05) is 0 Å². The third-order valence-corrected chi connectivity index (χ3v) is 7.16. The van der Waals surface area contributed by atoms with Crippen molar-refractivity contribution in [2.24, 2.45) is 5.92 Å². The van der Waals surface area contributed by atoms with Gasteiger partial charge in [0.1, 0.15) is 11.6 Å². The van der Waals surface area contributed by atoms with Crippen molar-refractivity contribution < 1.29 is 9.50 Å². The standard InChI is InChI=1S/C24H30FN5O/c1-14-21-15(11-30-13-24(4,16-5-6-16)26-12-23(30,2)3)9-20(27-22(21)29-28-14)18-8-7-17(31)10-19(18)25/h7-10,16,26,31H,5-6,11-13H2,1-4H3,(H,27,28,29). The first-order valence-electron chi connectivity index (χ1n) is 11.0. The molecule has 3 aromatic rings. The average Bonchev–Trinajstić information content (AvgIpc) is 3.50. The molecule has 164 valence electrons. The molecule has 0 amide bonds. The van der Waals surface area contributed by atoms with Crippen LogP contribution in [0, 0.1) is 18.7 Å². The molecule has 3 N–H and O–H groups in total. The van der Waals surface area contributed by atoms with Crippen molar-refractivity contribution in [1.29, 1.82) is 0 Å². The van der Waals surface area contributed by atoms with Gasteiger partial charge in [-0.05, 0) is 70.2 Å². The summed E-state index contributed by atoms with van der Waals surface area (Å²) >= 11 is 0. The number of benzene rings is 1. The van der Waals surface area contributed by atoms with E-state index >= 15 is 0 Å². The highest BCUT2D eigenvalue weighted by Gasteiger charge is 2.48. The molecule has 1 aliphatic heterocycles. The zero-order valence-electron chi connectivity index (χ0n) is 18.6. The second kappa shape index (κ2) is 7.00. The summed E-state index contributed by atoms with van der Waals surface area (Å²) in [5, 5.41) is 21.8. The summed E-state index contributed by atoms with van der Waals surface area (Å²) in [5.41, 5.74) is 3.68. The molecule has 1 unspecified atom stereocenters. The number of aromatic hydroxyl groups is 1. The van der Waals surface area contributed by atoms with Crippen LogP contribution in [0.25, 0.3) is 22.3 Å². The van der Waals surface area contributed by atoms with E-state index < -0.39 is 5.82 Å². The van der Waals surface area contributed by atoms with Gasteiger partial charge in [0.2, 0.25) is 0 Å². The summed E-state index contributed by atoms with van der Waals surface area (Å²) in [7, 11) is 0. The normalized spacial score (nSPS) is 24.0. The molecular formula is C24H30FN5O. The molecule has 5 rings (SSSR count). The maximum absolute atomic E-state index is 14.6. The number of rotatable bonds is 4. The van der Waals surface area contributed by atoms with Crippen LogP contribution in [-0.4, -0.2) is 49.4 Å². The first kappa shape index (κ1) is 20.4. The SMILES string of the molecule is Cc1n[nH]c2nc(-c3ccc(O)cc3F)cc(CN3CC(C)(C4CC4)NCC3(C)C)c12. The van der Waals surface area contributed by atoms with Crippen molar-refractivity contribution >= 4 is 11.0 Å². The molecule has 0 spiro atoms. The van der Waals surface area contributed by atoms with Crippen LogP contribution in [0.2, 0.25) is 0 Å². The van der Waals surface area contributed by atoms with Gasteiger partial charge in [-0.15, -0.1) is 0 Å². The Morgan fingerprint density at radius 3 is 2.71 bits per heavy atom. The minimum absolute atomic E-state index is 0.00835. The van der Waals surface area contributed by atoms with E-state index in [4.69, 9.17) is 0 Å². The topological polar surface area (TPSA) is 77.1 Å². The lowest BCUT2D eigenvalue weighted by molar-refractivity contribution is 0.0181. The van der Waals surface area contributed by atoms with Crippen LogP contribution in [-0.2, 0) is 6.54 Å². The highest BCUT2D eigenvalue weighted by Crippen LogP contribution is 2.43. The number of hydrogen-bond donors (Lipinski definition) is 3. The second-order valence-electron chi connectivity index (χ2n) is 10.1. The second-order valence-corrected chi connectivity index (χ2v) is 10.1. The van der Waals surface area contributed by atoms with E-state index in [1.165, 1.54) is 18.9 Å². The molecule has 2 fully saturated rings. The summed E-state index contributed by atoms with van der Waals surface area (Å²) in [5.74, 6) is 0.153. The van der Waals surface area contributed by atoms with Gasteiger partial charge in [0.15, 0.2) is 5.65 Å². The van der Waals surface area contributed by atoms with Crippen LogP contribution in [0.4, 0.5) is 4.39 Å². The zero-order chi connectivity index (χ0) is 22.0. The number of piperazine rings is 1. The molecule has 1 aromatic carbocycles. The summed E-state index contributed by atoms with van der Waals surface area (Å²) in [4.78, 5) is 7.18. The predicted octanol–water partition coefficient (Wildman–Crippen LogP) is 4.13. The molecule has 6 nitrogen and oxygen atoms in total. The van der Waals surface area contributed by atoms with Crippen LogP contribution in [0.3, 0.4) is 0 Å². The Bertz CT molecular complexity index is 1150. The lowest BCUT2D eigenvalue weighted by atomic mass is 9.86. The minimum Gasteiger partial charge on any atom is -0.508 e. The Kier molecular flexibility index (Phi) is 4.61. The maximum Gasteiger partial charge on any atom is 0.156 e. The smallest absolute Gasteiger partial charge is 0.156 e. The Labute approximate surface area is 181 Å². The van der Waals surface area contributed by atoms with E-state index in [9.17, 15) is 9.50 Å². The molecule has 0 bridgehead atoms. The Balaban J connectivity index is 1.57. The maximum atomic E-state index is 14.6. The Morgan fingerprint density at radius 2 is 2.00 bits per heavy atom. The number of fused-ring (bicyclic) bond motifs is 1. The largest absolute Gasteiger partial charge is 0.508 e.